The fourth-order valence-electron chi connectivity index (χ4n) is 2.93. The average molecular weight is 245 g/mol. The minimum Gasteiger partial charge on any atom is -0.305 e. The zero-order valence-electron chi connectivity index (χ0n) is 10.9. The molecular formula is C14H19N3O. The van der Waals surface area contributed by atoms with Gasteiger partial charge >= 0.3 is 5.69 Å². The molecule has 1 aliphatic heterocycles. The van der Waals surface area contributed by atoms with E-state index in [0.29, 0.717) is 6.04 Å². The molecule has 4 heteroatoms. The minimum atomic E-state index is 0.0135. The maximum Gasteiger partial charge on any atom is 0.326 e. The lowest BCUT2D eigenvalue weighted by atomic mass is 10.2. The number of likely N-dealkylation sites (tertiary alicyclic amines) is 1. The first-order chi connectivity index (χ1) is 8.66. The van der Waals surface area contributed by atoms with Gasteiger partial charge in [0.15, 0.2) is 0 Å². The van der Waals surface area contributed by atoms with Crippen molar-refractivity contribution in [3.05, 3.63) is 34.2 Å². The van der Waals surface area contributed by atoms with Crippen LogP contribution in [0.3, 0.4) is 0 Å². The summed E-state index contributed by atoms with van der Waals surface area (Å²) < 4.78 is 1.88. The summed E-state index contributed by atoms with van der Waals surface area (Å²) in [6.45, 7) is 3.96. The van der Waals surface area contributed by atoms with Crippen molar-refractivity contribution in [2.24, 2.45) is 0 Å². The summed E-state index contributed by atoms with van der Waals surface area (Å²) in [4.78, 5) is 17.4. The molecule has 0 bridgehead atoms. The van der Waals surface area contributed by atoms with Crippen molar-refractivity contribution in [3.8, 4) is 0 Å². The third-order valence-electron chi connectivity index (χ3n) is 4.08. The predicted octanol–water partition coefficient (Wildman–Crippen LogP) is 1.73. The minimum absolute atomic E-state index is 0.0135. The number of imidazole rings is 1. The van der Waals surface area contributed by atoms with Gasteiger partial charge in [0.2, 0.25) is 0 Å². The van der Waals surface area contributed by atoms with Gasteiger partial charge < -0.3 is 9.88 Å². The van der Waals surface area contributed by atoms with Crippen molar-refractivity contribution >= 4 is 11.0 Å². The van der Waals surface area contributed by atoms with Gasteiger partial charge in [-0.25, -0.2) is 4.79 Å². The molecule has 0 aliphatic carbocycles. The molecule has 1 fully saturated rings. The molecule has 1 unspecified atom stereocenters. The number of aromatic amines is 1. The van der Waals surface area contributed by atoms with Gasteiger partial charge in [-0.3, -0.25) is 4.57 Å². The molecule has 1 N–H and O–H groups in total. The van der Waals surface area contributed by atoms with Crippen LogP contribution in [0.25, 0.3) is 11.0 Å². The van der Waals surface area contributed by atoms with Crippen LogP contribution in [0.2, 0.25) is 0 Å². The van der Waals surface area contributed by atoms with Crippen LogP contribution in [0.5, 0.6) is 0 Å². The van der Waals surface area contributed by atoms with Gasteiger partial charge in [-0.1, -0.05) is 12.1 Å². The molecule has 18 heavy (non-hydrogen) atoms. The molecule has 3 rings (SSSR count). The maximum atomic E-state index is 12.1. The van der Waals surface area contributed by atoms with Crippen molar-refractivity contribution in [2.75, 3.05) is 13.6 Å². The number of rotatable bonds is 2. The van der Waals surface area contributed by atoms with E-state index in [1.54, 1.807) is 0 Å². The van der Waals surface area contributed by atoms with Crippen LogP contribution in [0, 0.1) is 6.92 Å². The third kappa shape index (κ3) is 1.77. The van der Waals surface area contributed by atoms with Gasteiger partial charge in [0.25, 0.3) is 0 Å². The van der Waals surface area contributed by atoms with Gasteiger partial charge in [-0.05, 0) is 45.0 Å². The van der Waals surface area contributed by atoms with Crippen LogP contribution < -0.4 is 5.69 Å². The maximum absolute atomic E-state index is 12.1. The monoisotopic (exact) mass is 245 g/mol. The first kappa shape index (κ1) is 11.5. The number of hydrogen-bond acceptors (Lipinski definition) is 2. The highest BCUT2D eigenvalue weighted by Gasteiger charge is 2.22. The van der Waals surface area contributed by atoms with Crippen LogP contribution in [-0.2, 0) is 6.54 Å². The summed E-state index contributed by atoms with van der Waals surface area (Å²) in [7, 11) is 2.14. The van der Waals surface area contributed by atoms with Crippen molar-refractivity contribution in [3.63, 3.8) is 0 Å². The Labute approximate surface area is 106 Å². The first-order valence-corrected chi connectivity index (χ1v) is 6.55. The quantitative estimate of drug-likeness (QED) is 0.875. The van der Waals surface area contributed by atoms with Crippen LogP contribution in [-0.4, -0.2) is 34.1 Å². The number of likely N-dealkylation sites (N-methyl/N-ethyl adjacent to an activating group) is 1. The molecule has 0 spiro atoms. The highest BCUT2D eigenvalue weighted by atomic mass is 16.1. The van der Waals surface area contributed by atoms with E-state index in [4.69, 9.17) is 0 Å². The number of aromatic nitrogens is 2. The van der Waals surface area contributed by atoms with E-state index in [1.165, 1.54) is 12.8 Å². The summed E-state index contributed by atoms with van der Waals surface area (Å²) in [5.41, 5.74) is 3.14. The average Bonchev–Trinajstić information content (AvgIpc) is 2.87. The van der Waals surface area contributed by atoms with Gasteiger partial charge in [0, 0.05) is 12.6 Å². The molecule has 4 nitrogen and oxygen atoms in total. The number of nitrogens with one attached hydrogen (secondary N) is 1. The zero-order valence-corrected chi connectivity index (χ0v) is 10.9. The van der Waals surface area contributed by atoms with Gasteiger partial charge in [-0.15, -0.1) is 0 Å². The van der Waals surface area contributed by atoms with E-state index >= 15 is 0 Å². The van der Waals surface area contributed by atoms with Crippen LogP contribution >= 0.6 is 0 Å². The summed E-state index contributed by atoms with van der Waals surface area (Å²) in [5.74, 6) is 0. The van der Waals surface area contributed by atoms with E-state index in [-0.39, 0.29) is 5.69 Å². The summed E-state index contributed by atoms with van der Waals surface area (Å²) in [5, 5.41) is 0. The lowest BCUT2D eigenvalue weighted by Crippen LogP contribution is -2.32. The zero-order chi connectivity index (χ0) is 12.7. The second-order valence-corrected chi connectivity index (χ2v) is 5.29. The standard InChI is InChI=1S/C14H19N3O/c1-10-5-3-7-12-13(10)15-14(18)17(12)9-11-6-4-8-16(11)2/h3,5,7,11H,4,6,8-9H2,1-2H3,(H,15,18). The van der Waals surface area contributed by atoms with Crippen molar-refractivity contribution in [1.82, 2.24) is 14.5 Å². The van der Waals surface area contributed by atoms with E-state index in [2.05, 4.69) is 16.9 Å². The summed E-state index contributed by atoms with van der Waals surface area (Å²) >= 11 is 0. The molecule has 1 saturated heterocycles. The lowest BCUT2D eigenvalue weighted by molar-refractivity contribution is 0.282. The van der Waals surface area contributed by atoms with E-state index in [0.717, 1.165) is 29.7 Å². The fraction of sp³-hybridized carbons (Fsp3) is 0.500. The highest BCUT2D eigenvalue weighted by Crippen LogP contribution is 2.19. The summed E-state index contributed by atoms with van der Waals surface area (Å²) in [6.07, 6.45) is 2.42. The van der Waals surface area contributed by atoms with Crippen LogP contribution in [0.15, 0.2) is 23.0 Å². The Bertz CT molecular complexity index is 625. The Balaban J connectivity index is 2.04. The molecule has 0 amide bonds. The molecule has 0 radical (unpaired) electrons. The van der Waals surface area contributed by atoms with Crippen LogP contribution in [0.1, 0.15) is 18.4 Å². The predicted molar refractivity (Wildman–Crippen MR) is 72.9 cm³/mol. The Kier molecular flexibility index (Phi) is 2.74. The Morgan fingerprint density at radius 2 is 2.28 bits per heavy atom. The molecule has 96 valence electrons. The topological polar surface area (TPSA) is 41.0 Å². The van der Waals surface area contributed by atoms with E-state index in [1.807, 2.05) is 29.7 Å². The first-order valence-electron chi connectivity index (χ1n) is 6.55. The number of fused-ring (bicyclic) bond motifs is 1. The molecule has 1 aliphatic rings. The van der Waals surface area contributed by atoms with Crippen molar-refractivity contribution in [2.45, 2.75) is 32.4 Å². The number of aryl methyl sites for hydroxylation is 1. The SMILES string of the molecule is Cc1cccc2c1[nH]c(=O)n2CC1CCCN1C. The molecule has 1 aromatic heterocycles. The summed E-state index contributed by atoms with van der Waals surface area (Å²) in [6, 6.07) is 6.56. The number of para-hydroxylation sites is 1. The Morgan fingerprint density at radius 1 is 1.44 bits per heavy atom. The fourth-order valence-corrected chi connectivity index (χ4v) is 2.93. The molecule has 2 heterocycles. The van der Waals surface area contributed by atoms with Crippen molar-refractivity contribution in [1.29, 1.82) is 0 Å². The molecule has 1 aromatic carbocycles. The third-order valence-corrected chi connectivity index (χ3v) is 4.08. The number of nitrogens with zero attached hydrogens (tertiary/aromatic N) is 2. The van der Waals surface area contributed by atoms with Gasteiger partial charge in [0.1, 0.15) is 0 Å². The number of benzene rings is 1. The lowest BCUT2D eigenvalue weighted by Gasteiger charge is -2.19. The van der Waals surface area contributed by atoms with Gasteiger partial charge in [0.05, 0.1) is 11.0 Å². The molecule has 0 saturated carbocycles. The Morgan fingerprint density at radius 3 is 3.00 bits per heavy atom. The van der Waals surface area contributed by atoms with E-state index in [9.17, 15) is 4.79 Å². The van der Waals surface area contributed by atoms with Crippen molar-refractivity contribution < 1.29 is 0 Å². The highest BCUT2D eigenvalue weighted by molar-refractivity contribution is 5.78. The number of H-pyrrole nitrogens is 1. The smallest absolute Gasteiger partial charge is 0.305 e. The molecule has 1 atom stereocenters. The molecule has 2 aromatic rings. The van der Waals surface area contributed by atoms with Gasteiger partial charge in [-0.2, -0.15) is 0 Å². The molecular weight excluding hydrogens is 226 g/mol. The second kappa shape index (κ2) is 4.28. The largest absolute Gasteiger partial charge is 0.326 e. The number of hydrogen-bond donors (Lipinski definition) is 1. The normalized spacial score (nSPS) is 20.9. The van der Waals surface area contributed by atoms with E-state index < -0.39 is 0 Å². The van der Waals surface area contributed by atoms with Crippen LogP contribution in [0.4, 0.5) is 0 Å². The second-order valence-electron chi connectivity index (χ2n) is 5.29. The Hall–Kier alpha value is -1.55.